The molecule has 1 heterocycles. The molecule has 5 heteroatoms. The summed E-state index contributed by atoms with van der Waals surface area (Å²) in [5, 5.41) is 15.6. The molecule has 0 aliphatic carbocycles. The lowest BCUT2D eigenvalue weighted by Crippen LogP contribution is -1.97. The number of carboxylic acid groups (broad SMARTS) is 1. The summed E-state index contributed by atoms with van der Waals surface area (Å²) in [6.45, 7) is 0. The van der Waals surface area contributed by atoms with Crippen molar-refractivity contribution < 1.29 is 9.90 Å². The van der Waals surface area contributed by atoms with Crippen LogP contribution in [-0.4, -0.2) is 21.3 Å². The molecular weight excluding hydrogens is 284 g/mol. The number of hydrogen-bond donors (Lipinski definition) is 2. The highest BCUT2D eigenvalue weighted by molar-refractivity contribution is 9.10. The van der Waals surface area contributed by atoms with Crippen LogP contribution in [-0.2, 0) is 11.2 Å². The lowest BCUT2D eigenvalue weighted by atomic mass is 10.1. The number of carboxylic acids is 1. The molecule has 1 aromatic carbocycles. The molecule has 2 N–H and O–H groups in total. The number of aliphatic carboxylic acids is 1. The number of aryl methyl sites for hydroxylation is 1. The zero-order chi connectivity index (χ0) is 12.3. The van der Waals surface area contributed by atoms with Crippen molar-refractivity contribution in [3.05, 3.63) is 40.5 Å². The van der Waals surface area contributed by atoms with Gasteiger partial charge in [-0.15, -0.1) is 0 Å². The smallest absolute Gasteiger partial charge is 0.303 e. The van der Waals surface area contributed by atoms with Crippen molar-refractivity contribution in [2.24, 2.45) is 0 Å². The van der Waals surface area contributed by atoms with Gasteiger partial charge in [-0.2, -0.15) is 5.10 Å². The minimum Gasteiger partial charge on any atom is -0.481 e. The van der Waals surface area contributed by atoms with Crippen LogP contribution in [0, 0.1) is 0 Å². The van der Waals surface area contributed by atoms with E-state index in [4.69, 9.17) is 5.11 Å². The first-order valence-electron chi connectivity index (χ1n) is 5.17. The standard InChI is InChI=1S/C12H11BrN2O2/c13-9-3-1-8(2-4-9)11-7-10(14-15-11)5-6-12(16)17/h1-4,7H,5-6H2,(H,14,15)(H,16,17). The molecule has 0 spiro atoms. The van der Waals surface area contributed by atoms with E-state index in [9.17, 15) is 4.79 Å². The highest BCUT2D eigenvalue weighted by Gasteiger charge is 2.05. The molecule has 0 fully saturated rings. The molecule has 0 aliphatic heterocycles. The van der Waals surface area contributed by atoms with Crippen LogP contribution in [0.3, 0.4) is 0 Å². The van der Waals surface area contributed by atoms with Gasteiger partial charge in [0.2, 0.25) is 0 Å². The zero-order valence-electron chi connectivity index (χ0n) is 8.98. The molecule has 0 atom stereocenters. The first-order chi connectivity index (χ1) is 8.15. The predicted octanol–water partition coefficient (Wildman–Crippen LogP) is 2.86. The summed E-state index contributed by atoms with van der Waals surface area (Å²) in [7, 11) is 0. The number of aromatic nitrogens is 2. The van der Waals surface area contributed by atoms with E-state index in [1.54, 1.807) is 0 Å². The number of nitrogens with one attached hydrogen (secondary N) is 1. The normalized spacial score (nSPS) is 10.4. The van der Waals surface area contributed by atoms with Gasteiger partial charge in [0.25, 0.3) is 0 Å². The van der Waals surface area contributed by atoms with Crippen LogP contribution in [0.4, 0.5) is 0 Å². The Hall–Kier alpha value is -1.62. The van der Waals surface area contributed by atoms with Gasteiger partial charge in [0.15, 0.2) is 0 Å². The van der Waals surface area contributed by atoms with Gasteiger partial charge in [-0.25, -0.2) is 0 Å². The average Bonchev–Trinajstić information content (AvgIpc) is 2.76. The van der Waals surface area contributed by atoms with Gasteiger partial charge in [-0.3, -0.25) is 9.89 Å². The highest BCUT2D eigenvalue weighted by Crippen LogP contribution is 2.20. The second kappa shape index (κ2) is 5.14. The first-order valence-corrected chi connectivity index (χ1v) is 5.96. The zero-order valence-corrected chi connectivity index (χ0v) is 10.6. The summed E-state index contributed by atoms with van der Waals surface area (Å²) in [6, 6.07) is 9.69. The monoisotopic (exact) mass is 294 g/mol. The SMILES string of the molecule is O=C(O)CCc1cc(-c2ccc(Br)cc2)n[nH]1. The number of benzene rings is 1. The van der Waals surface area contributed by atoms with Crippen LogP contribution in [0.5, 0.6) is 0 Å². The maximum Gasteiger partial charge on any atom is 0.303 e. The summed E-state index contributed by atoms with van der Waals surface area (Å²) in [4.78, 5) is 10.4. The fourth-order valence-electron chi connectivity index (χ4n) is 1.50. The van der Waals surface area contributed by atoms with E-state index in [-0.39, 0.29) is 6.42 Å². The Kier molecular flexibility index (Phi) is 3.58. The lowest BCUT2D eigenvalue weighted by Gasteiger charge is -1.95. The van der Waals surface area contributed by atoms with Crippen molar-refractivity contribution in [3.8, 4) is 11.3 Å². The Bertz CT molecular complexity index is 520. The second-order valence-electron chi connectivity index (χ2n) is 3.68. The van der Waals surface area contributed by atoms with Gasteiger partial charge in [-0.05, 0) is 24.6 Å². The minimum atomic E-state index is -0.801. The van der Waals surface area contributed by atoms with Crippen molar-refractivity contribution in [1.82, 2.24) is 10.2 Å². The lowest BCUT2D eigenvalue weighted by molar-refractivity contribution is -0.136. The van der Waals surface area contributed by atoms with Gasteiger partial charge < -0.3 is 5.11 Å². The Morgan fingerprint density at radius 3 is 2.71 bits per heavy atom. The van der Waals surface area contributed by atoms with Gasteiger partial charge in [0.1, 0.15) is 0 Å². The van der Waals surface area contributed by atoms with Gasteiger partial charge >= 0.3 is 5.97 Å². The Balaban J connectivity index is 2.12. The van der Waals surface area contributed by atoms with E-state index in [1.165, 1.54) is 0 Å². The van der Waals surface area contributed by atoms with Crippen LogP contribution in [0.2, 0.25) is 0 Å². The summed E-state index contributed by atoms with van der Waals surface area (Å²) in [5.74, 6) is -0.801. The first kappa shape index (κ1) is 11.9. The maximum absolute atomic E-state index is 10.4. The fourth-order valence-corrected chi connectivity index (χ4v) is 1.76. The molecule has 0 saturated carbocycles. The summed E-state index contributed by atoms with van der Waals surface area (Å²) in [6.07, 6.45) is 0.584. The van der Waals surface area contributed by atoms with Crippen molar-refractivity contribution in [2.45, 2.75) is 12.8 Å². The molecule has 4 nitrogen and oxygen atoms in total. The van der Waals surface area contributed by atoms with Crippen molar-refractivity contribution in [2.75, 3.05) is 0 Å². The number of nitrogens with zero attached hydrogens (tertiary/aromatic N) is 1. The average molecular weight is 295 g/mol. The molecule has 1 aromatic heterocycles. The fraction of sp³-hybridized carbons (Fsp3) is 0.167. The molecule has 2 aromatic rings. The summed E-state index contributed by atoms with van der Waals surface area (Å²) in [5.41, 5.74) is 2.68. The van der Waals surface area contributed by atoms with Crippen molar-refractivity contribution in [1.29, 1.82) is 0 Å². The molecule has 0 bridgehead atoms. The number of aromatic amines is 1. The number of halogens is 1. The number of rotatable bonds is 4. The molecule has 0 amide bonds. The Labute approximate surface area is 107 Å². The van der Waals surface area contributed by atoms with E-state index in [2.05, 4.69) is 26.1 Å². The van der Waals surface area contributed by atoms with E-state index in [0.29, 0.717) is 6.42 Å². The van der Waals surface area contributed by atoms with E-state index < -0.39 is 5.97 Å². The molecule has 88 valence electrons. The molecule has 0 saturated heterocycles. The van der Waals surface area contributed by atoms with Gasteiger partial charge in [-0.1, -0.05) is 28.1 Å². The number of H-pyrrole nitrogens is 1. The van der Waals surface area contributed by atoms with Crippen LogP contribution in [0.1, 0.15) is 12.1 Å². The molecule has 17 heavy (non-hydrogen) atoms. The van der Waals surface area contributed by atoms with Gasteiger partial charge in [0.05, 0.1) is 12.1 Å². The van der Waals surface area contributed by atoms with Crippen molar-refractivity contribution in [3.63, 3.8) is 0 Å². The summed E-state index contributed by atoms with van der Waals surface area (Å²) < 4.78 is 1.02. The Morgan fingerprint density at radius 2 is 2.06 bits per heavy atom. The van der Waals surface area contributed by atoms with Crippen LogP contribution in [0.25, 0.3) is 11.3 Å². The largest absolute Gasteiger partial charge is 0.481 e. The third kappa shape index (κ3) is 3.17. The maximum atomic E-state index is 10.4. The predicted molar refractivity (Wildman–Crippen MR) is 67.7 cm³/mol. The quantitative estimate of drug-likeness (QED) is 0.911. The molecular formula is C12H11BrN2O2. The molecule has 0 aliphatic rings. The Morgan fingerprint density at radius 1 is 1.35 bits per heavy atom. The highest BCUT2D eigenvalue weighted by atomic mass is 79.9. The third-order valence-corrected chi connectivity index (χ3v) is 2.91. The summed E-state index contributed by atoms with van der Waals surface area (Å²) >= 11 is 3.37. The molecule has 2 rings (SSSR count). The van der Waals surface area contributed by atoms with Crippen LogP contribution < -0.4 is 0 Å². The number of carbonyl (C=O) groups is 1. The minimum absolute atomic E-state index is 0.113. The number of hydrogen-bond acceptors (Lipinski definition) is 2. The topological polar surface area (TPSA) is 66.0 Å². The van der Waals surface area contributed by atoms with Crippen LogP contribution in [0.15, 0.2) is 34.8 Å². The second-order valence-corrected chi connectivity index (χ2v) is 4.59. The van der Waals surface area contributed by atoms with Crippen molar-refractivity contribution >= 4 is 21.9 Å². The third-order valence-electron chi connectivity index (χ3n) is 2.38. The van der Waals surface area contributed by atoms with Gasteiger partial charge in [0, 0.05) is 15.7 Å². The van der Waals surface area contributed by atoms with Crippen LogP contribution >= 0.6 is 15.9 Å². The van der Waals surface area contributed by atoms with E-state index in [1.807, 2.05) is 30.3 Å². The molecule has 0 unspecified atom stereocenters. The van der Waals surface area contributed by atoms with E-state index >= 15 is 0 Å². The molecule has 0 radical (unpaired) electrons. The van der Waals surface area contributed by atoms with E-state index in [0.717, 1.165) is 21.4 Å².